The maximum Gasteiger partial charge on any atom is 0.278 e. The lowest BCUT2D eigenvalue weighted by Crippen LogP contribution is -2.09. The van der Waals surface area contributed by atoms with Crippen molar-refractivity contribution in [3.63, 3.8) is 0 Å². The molecule has 0 aliphatic heterocycles. The molecule has 134 valence electrons. The summed E-state index contributed by atoms with van der Waals surface area (Å²) < 4.78 is 5.35. The lowest BCUT2D eigenvalue weighted by atomic mass is 10.1. The molecule has 2 heterocycles. The largest absolute Gasteiger partial charge is 0.375 e. The topological polar surface area (TPSA) is 107 Å². The highest BCUT2D eigenvalue weighted by atomic mass is 16.6. The summed E-state index contributed by atoms with van der Waals surface area (Å²) in [4.78, 5) is 19.3. The average molecular weight is 361 g/mol. The smallest absolute Gasteiger partial charge is 0.278 e. The van der Waals surface area contributed by atoms with Crippen molar-refractivity contribution in [1.82, 2.24) is 15.1 Å². The van der Waals surface area contributed by atoms with Crippen molar-refractivity contribution in [1.29, 1.82) is 0 Å². The molecule has 1 N–H and O–H groups in total. The number of non-ortho nitro benzene ring substituents is 1. The van der Waals surface area contributed by atoms with Crippen LogP contribution in [0.15, 0.2) is 65.4 Å². The predicted molar refractivity (Wildman–Crippen MR) is 100 cm³/mol. The van der Waals surface area contributed by atoms with Crippen LogP contribution in [0.1, 0.15) is 18.8 Å². The Morgan fingerprint density at radius 2 is 1.93 bits per heavy atom. The second kappa shape index (κ2) is 6.83. The fraction of sp³-hybridized carbons (Fsp3) is 0.105. The zero-order valence-corrected chi connectivity index (χ0v) is 14.4. The maximum atomic E-state index is 11.2. The zero-order chi connectivity index (χ0) is 18.8. The van der Waals surface area contributed by atoms with E-state index in [4.69, 9.17) is 4.52 Å². The van der Waals surface area contributed by atoms with Gasteiger partial charge in [-0.05, 0) is 31.2 Å². The van der Waals surface area contributed by atoms with Crippen LogP contribution in [0.5, 0.6) is 0 Å². The molecule has 0 saturated heterocycles. The Morgan fingerprint density at radius 1 is 1.11 bits per heavy atom. The Kier molecular flexibility index (Phi) is 4.21. The molecular formula is C19H15N5O3. The van der Waals surface area contributed by atoms with Gasteiger partial charge in [0.15, 0.2) is 5.82 Å². The number of fused-ring (bicyclic) bond motifs is 1. The van der Waals surface area contributed by atoms with Gasteiger partial charge in [-0.1, -0.05) is 23.4 Å². The molecule has 0 radical (unpaired) electrons. The minimum absolute atomic E-state index is 0.0160. The highest BCUT2D eigenvalue weighted by Gasteiger charge is 2.18. The first kappa shape index (κ1) is 16.6. The Bertz CT molecular complexity index is 1110. The van der Waals surface area contributed by atoms with E-state index in [0.717, 1.165) is 11.3 Å². The van der Waals surface area contributed by atoms with E-state index in [2.05, 4.69) is 20.4 Å². The minimum atomic E-state index is -0.414. The molecular weight excluding hydrogens is 346 g/mol. The molecule has 2 aromatic heterocycles. The Labute approximate surface area is 154 Å². The minimum Gasteiger partial charge on any atom is -0.375 e. The second-order valence-electron chi connectivity index (χ2n) is 6.00. The second-order valence-corrected chi connectivity index (χ2v) is 6.00. The molecule has 0 fully saturated rings. The van der Waals surface area contributed by atoms with Gasteiger partial charge in [0.2, 0.25) is 0 Å². The van der Waals surface area contributed by atoms with Gasteiger partial charge in [-0.15, -0.1) is 0 Å². The van der Waals surface area contributed by atoms with Gasteiger partial charge in [0.05, 0.1) is 16.4 Å². The van der Waals surface area contributed by atoms with Crippen LogP contribution in [0.2, 0.25) is 0 Å². The van der Waals surface area contributed by atoms with Crippen molar-refractivity contribution >= 4 is 22.1 Å². The van der Waals surface area contributed by atoms with E-state index in [0.29, 0.717) is 22.5 Å². The molecule has 0 bridgehead atoms. The third kappa shape index (κ3) is 3.20. The van der Waals surface area contributed by atoms with Gasteiger partial charge in [-0.3, -0.25) is 15.1 Å². The molecule has 0 spiro atoms. The predicted octanol–water partition coefficient (Wildman–Crippen LogP) is 4.37. The van der Waals surface area contributed by atoms with Crippen LogP contribution in [-0.2, 0) is 0 Å². The van der Waals surface area contributed by atoms with Crippen LogP contribution in [0.4, 0.5) is 11.4 Å². The molecule has 0 amide bonds. The molecule has 1 unspecified atom stereocenters. The third-order valence-electron chi connectivity index (χ3n) is 4.21. The van der Waals surface area contributed by atoms with Crippen molar-refractivity contribution < 1.29 is 9.45 Å². The number of pyridine rings is 1. The average Bonchev–Trinajstić information content (AvgIpc) is 3.19. The van der Waals surface area contributed by atoms with E-state index < -0.39 is 4.92 Å². The van der Waals surface area contributed by atoms with Crippen LogP contribution in [0, 0.1) is 10.1 Å². The number of aromatic nitrogens is 3. The number of rotatable bonds is 5. The molecule has 0 aliphatic rings. The van der Waals surface area contributed by atoms with Gasteiger partial charge in [0.1, 0.15) is 0 Å². The lowest BCUT2D eigenvalue weighted by Gasteiger charge is -2.13. The Hall–Kier alpha value is -3.81. The molecule has 2 aromatic carbocycles. The van der Waals surface area contributed by atoms with Crippen molar-refractivity contribution in [2.45, 2.75) is 13.0 Å². The van der Waals surface area contributed by atoms with E-state index in [9.17, 15) is 10.1 Å². The number of anilines is 1. The number of hydrogen-bond donors (Lipinski definition) is 1. The van der Waals surface area contributed by atoms with E-state index in [1.807, 2.05) is 37.3 Å². The molecule has 27 heavy (non-hydrogen) atoms. The van der Waals surface area contributed by atoms with E-state index in [1.54, 1.807) is 18.3 Å². The van der Waals surface area contributed by atoms with Crippen molar-refractivity contribution in [3.8, 4) is 11.5 Å². The standard InChI is InChI=1S/C19H15N5O3/c1-12(18-22-19(27-23-18)13-5-3-2-4-6-13)21-16-7-8-17(24(25)26)15-11-20-10-9-14(15)16/h2-12,21H,1H3. The van der Waals surface area contributed by atoms with Crippen molar-refractivity contribution in [2.75, 3.05) is 5.32 Å². The molecule has 4 aromatic rings. The molecule has 8 nitrogen and oxygen atoms in total. The third-order valence-corrected chi connectivity index (χ3v) is 4.21. The number of benzene rings is 2. The summed E-state index contributed by atoms with van der Waals surface area (Å²) in [5.41, 5.74) is 1.59. The van der Waals surface area contributed by atoms with Gasteiger partial charge < -0.3 is 9.84 Å². The van der Waals surface area contributed by atoms with E-state index >= 15 is 0 Å². The maximum absolute atomic E-state index is 11.2. The van der Waals surface area contributed by atoms with Gasteiger partial charge in [0.25, 0.3) is 11.6 Å². The number of nitrogens with zero attached hydrogens (tertiary/aromatic N) is 4. The van der Waals surface area contributed by atoms with Crippen LogP contribution < -0.4 is 5.32 Å². The first-order valence-electron chi connectivity index (χ1n) is 8.30. The normalized spacial score (nSPS) is 12.0. The highest BCUT2D eigenvalue weighted by Crippen LogP contribution is 2.32. The Morgan fingerprint density at radius 3 is 2.70 bits per heavy atom. The van der Waals surface area contributed by atoms with Crippen LogP contribution >= 0.6 is 0 Å². The van der Waals surface area contributed by atoms with Crippen LogP contribution in [0.25, 0.3) is 22.2 Å². The molecule has 1 atom stereocenters. The fourth-order valence-electron chi connectivity index (χ4n) is 2.87. The van der Waals surface area contributed by atoms with Gasteiger partial charge >= 0.3 is 0 Å². The molecule has 8 heteroatoms. The van der Waals surface area contributed by atoms with Crippen molar-refractivity contribution in [3.05, 3.63) is 76.9 Å². The zero-order valence-electron chi connectivity index (χ0n) is 14.4. The van der Waals surface area contributed by atoms with Gasteiger partial charge in [0, 0.05) is 35.1 Å². The fourth-order valence-corrected chi connectivity index (χ4v) is 2.87. The van der Waals surface area contributed by atoms with Crippen molar-refractivity contribution in [2.24, 2.45) is 0 Å². The van der Waals surface area contributed by atoms with E-state index in [1.165, 1.54) is 12.3 Å². The monoisotopic (exact) mass is 361 g/mol. The Balaban J connectivity index is 1.64. The quantitative estimate of drug-likeness (QED) is 0.415. The number of nitro groups is 1. The molecule has 0 aliphatic carbocycles. The van der Waals surface area contributed by atoms with Gasteiger partial charge in [-0.25, -0.2) is 0 Å². The summed E-state index contributed by atoms with van der Waals surface area (Å²) >= 11 is 0. The summed E-state index contributed by atoms with van der Waals surface area (Å²) in [6.45, 7) is 1.90. The first-order valence-corrected chi connectivity index (χ1v) is 8.30. The van der Waals surface area contributed by atoms with Gasteiger partial charge in [-0.2, -0.15) is 4.98 Å². The summed E-state index contributed by atoms with van der Waals surface area (Å²) in [5.74, 6) is 0.936. The summed E-state index contributed by atoms with van der Waals surface area (Å²) in [6, 6.07) is 14.1. The summed E-state index contributed by atoms with van der Waals surface area (Å²) in [7, 11) is 0. The van der Waals surface area contributed by atoms with E-state index in [-0.39, 0.29) is 11.7 Å². The molecule has 4 rings (SSSR count). The highest BCUT2D eigenvalue weighted by molar-refractivity contribution is 5.99. The molecule has 0 saturated carbocycles. The SMILES string of the molecule is CC(Nc1ccc([N+](=O)[O-])c2cnccc12)c1noc(-c2ccccc2)n1. The number of hydrogen-bond acceptors (Lipinski definition) is 7. The summed E-state index contributed by atoms with van der Waals surface area (Å²) in [6.07, 6.45) is 3.09. The summed E-state index contributed by atoms with van der Waals surface area (Å²) in [5, 5.41) is 19.8. The van der Waals surface area contributed by atoms with Crippen LogP contribution in [-0.4, -0.2) is 20.0 Å². The number of nitrogens with one attached hydrogen (secondary N) is 1. The number of nitro benzene ring substituents is 1. The lowest BCUT2D eigenvalue weighted by molar-refractivity contribution is -0.383. The first-order chi connectivity index (χ1) is 13.1. The van der Waals surface area contributed by atoms with Crippen LogP contribution in [0.3, 0.4) is 0 Å².